The lowest BCUT2D eigenvalue weighted by molar-refractivity contribution is -0.112. The minimum Gasteiger partial charge on any atom is -0.305 e. The Labute approximate surface area is 85.6 Å². The maximum Gasteiger partial charge on any atom is 0.173 e. The van der Waals surface area contributed by atoms with Gasteiger partial charge in [0.25, 0.3) is 0 Å². The summed E-state index contributed by atoms with van der Waals surface area (Å²) >= 11 is 3.34. The second kappa shape index (κ2) is 4.92. The van der Waals surface area contributed by atoms with Gasteiger partial charge in [-0.3, -0.25) is 4.79 Å². The first-order valence-electron chi connectivity index (χ1n) is 4.00. The molecule has 0 fully saturated rings. The van der Waals surface area contributed by atoms with Gasteiger partial charge in [0.15, 0.2) is 5.78 Å². The average molecular weight is 240 g/mol. The first-order chi connectivity index (χ1) is 6.22. The maximum absolute atomic E-state index is 10.8. The molecule has 0 aliphatic rings. The van der Waals surface area contributed by atoms with E-state index in [1.807, 2.05) is 24.3 Å². The molecule has 0 unspecified atom stereocenters. The quantitative estimate of drug-likeness (QED) is 0.807. The zero-order valence-corrected chi connectivity index (χ0v) is 8.67. The Bertz CT molecular complexity index is 305. The number of benzene rings is 1. The number of Topliss-reactive ketones (excluding diaryl/α,β-unsaturated/α-hetero) is 1. The highest BCUT2D eigenvalue weighted by atomic mass is 79.9. The third kappa shape index (κ3) is 3.51. The van der Waals surface area contributed by atoms with Crippen molar-refractivity contribution in [3.8, 4) is 0 Å². The van der Waals surface area contributed by atoms with E-state index in [1.165, 1.54) is 0 Å². The molecule has 1 aromatic rings. The summed E-state index contributed by atoms with van der Waals surface area (Å²) in [6.45, 7) is 0. The SMILES string of the molecule is N=CC(=O)CCc1ccc(Br)cc1. The number of hydrogen-bond acceptors (Lipinski definition) is 2. The molecule has 0 atom stereocenters. The molecule has 1 aromatic carbocycles. The maximum atomic E-state index is 10.8. The third-order valence-electron chi connectivity index (χ3n) is 1.73. The van der Waals surface area contributed by atoms with E-state index in [0.29, 0.717) is 12.8 Å². The number of halogens is 1. The molecule has 0 saturated heterocycles. The molecular weight excluding hydrogens is 230 g/mol. The van der Waals surface area contributed by atoms with Gasteiger partial charge in [0.2, 0.25) is 0 Å². The van der Waals surface area contributed by atoms with E-state index in [9.17, 15) is 4.79 Å². The Kier molecular flexibility index (Phi) is 3.83. The van der Waals surface area contributed by atoms with Crippen LogP contribution in [0.3, 0.4) is 0 Å². The first kappa shape index (κ1) is 10.1. The highest BCUT2D eigenvalue weighted by Crippen LogP contribution is 2.11. The van der Waals surface area contributed by atoms with Crippen LogP contribution in [0, 0.1) is 5.41 Å². The van der Waals surface area contributed by atoms with Crippen LogP contribution in [0.4, 0.5) is 0 Å². The van der Waals surface area contributed by atoms with Gasteiger partial charge in [0, 0.05) is 10.9 Å². The van der Waals surface area contributed by atoms with Gasteiger partial charge in [-0.2, -0.15) is 0 Å². The average Bonchev–Trinajstić information content (AvgIpc) is 2.16. The number of carbonyl (C=O) groups is 1. The summed E-state index contributed by atoms with van der Waals surface area (Å²) in [6.07, 6.45) is 2.01. The summed E-state index contributed by atoms with van der Waals surface area (Å²) in [5.74, 6) is -0.122. The van der Waals surface area contributed by atoms with Gasteiger partial charge in [-0.05, 0) is 24.1 Å². The number of rotatable bonds is 4. The zero-order chi connectivity index (χ0) is 9.68. The monoisotopic (exact) mass is 239 g/mol. The molecule has 0 aliphatic heterocycles. The summed E-state index contributed by atoms with van der Waals surface area (Å²) in [4.78, 5) is 10.8. The number of aryl methyl sites for hydroxylation is 1. The highest BCUT2D eigenvalue weighted by Gasteiger charge is 1.98. The van der Waals surface area contributed by atoms with Gasteiger partial charge in [0.05, 0.1) is 6.21 Å². The van der Waals surface area contributed by atoms with E-state index in [0.717, 1.165) is 16.3 Å². The summed E-state index contributed by atoms with van der Waals surface area (Å²) in [5, 5.41) is 6.73. The molecule has 0 aliphatic carbocycles. The van der Waals surface area contributed by atoms with Gasteiger partial charge in [-0.1, -0.05) is 28.1 Å². The van der Waals surface area contributed by atoms with Crippen molar-refractivity contribution < 1.29 is 4.79 Å². The molecule has 2 nitrogen and oxygen atoms in total. The molecule has 0 radical (unpaired) electrons. The van der Waals surface area contributed by atoms with E-state index < -0.39 is 0 Å². The number of hydrogen-bond donors (Lipinski definition) is 1. The molecule has 0 heterocycles. The van der Waals surface area contributed by atoms with Crippen molar-refractivity contribution >= 4 is 27.9 Å². The van der Waals surface area contributed by atoms with Crippen LogP contribution in [-0.4, -0.2) is 12.0 Å². The molecule has 0 amide bonds. The Morgan fingerprint density at radius 2 is 2.00 bits per heavy atom. The van der Waals surface area contributed by atoms with Crippen LogP contribution >= 0.6 is 15.9 Å². The lowest BCUT2D eigenvalue weighted by Gasteiger charge is -1.98. The van der Waals surface area contributed by atoms with Crippen molar-refractivity contribution in [1.82, 2.24) is 0 Å². The Balaban J connectivity index is 2.50. The van der Waals surface area contributed by atoms with E-state index in [4.69, 9.17) is 5.41 Å². The second-order valence-electron chi connectivity index (χ2n) is 2.74. The highest BCUT2D eigenvalue weighted by molar-refractivity contribution is 9.10. The van der Waals surface area contributed by atoms with E-state index in [1.54, 1.807) is 0 Å². The molecule has 0 spiro atoms. The summed E-state index contributed by atoms with van der Waals surface area (Å²) in [5.41, 5.74) is 1.12. The molecule has 1 N–H and O–H groups in total. The normalized spacial score (nSPS) is 9.62. The molecule has 13 heavy (non-hydrogen) atoms. The standard InChI is InChI=1S/C10H10BrNO/c11-9-4-1-8(2-5-9)3-6-10(13)7-12/h1-2,4-5,7,12H,3,6H2. The van der Waals surface area contributed by atoms with Crippen LogP contribution in [0.2, 0.25) is 0 Å². The Morgan fingerprint density at radius 3 is 2.54 bits per heavy atom. The molecular formula is C10H10BrNO. The largest absolute Gasteiger partial charge is 0.305 e. The second-order valence-corrected chi connectivity index (χ2v) is 3.65. The molecule has 0 aromatic heterocycles. The lowest BCUT2D eigenvalue weighted by atomic mass is 10.1. The minimum atomic E-state index is -0.122. The fraction of sp³-hybridized carbons (Fsp3) is 0.200. The number of ketones is 1. The topological polar surface area (TPSA) is 40.9 Å². The molecule has 0 bridgehead atoms. The van der Waals surface area contributed by atoms with Crippen molar-refractivity contribution in [2.75, 3.05) is 0 Å². The van der Waals surface area contributed by atoms with Crippen LogP contribution in [-0.2, 0) is 11.2 Å². The van der Waals surface area contributed by atoms with Gasteiger partial charge < -0.3 is 5.41 Å². The Hall–Kier alpha value is -0.960. The number of carbonyl (C=O) groups excluding carboxylic acids is 1. The van der Waals surface area contributed by atoms with Crippen molar-refractivity contribution in [1.29, 1.82) is 5.41 Å². The van der Waals surface area contributed by atoms with Crippen LogP contribution in [0.25, 0.3) is 0 Å². The van der Waals surface area contributed by atoms with Crippen LogP contribution in [0.1, 0.15) is 12.0 Å². The summed E-state index contributed by atoms with van der Waals surface area (Å²) < 4.78 is 1.04. The van der Waals surface area contributed by atoms with Crippen molar-refractivity contribution in [2.24, 2.45) is 0 Å². The fourth-order valence-electron chi connectivity index (χ4n) is 0.991. The van der Waals surface area contributed by atoms with Gasteiger partial charge in [0.1, 0.15) is 0 Å². The summed E-state index contributed by atoms with van der Waals surface area (Å²) in [6, 6.07) is 7.84. The third-order valence-corrected chi connectivity index (χ3v) is 2.26. The van der Waals surface area contributed by atoms with E-state index in [2.05, 4.69) is 15.9 Å². The predicted molar refractivity (Wildman–Crippen MR) is 56.3 cm³/mol. The lowest BCUT2D eigenvalue weighted by Crippen LogP contribution is -1.99. The van der Waals surface area contributed by atoms with Gasteiger partial charge >= 0.3 is 0 Å². The van der Waals surface area contributed by atoms with Gasteiger partial charge in [-0.15, -0.1) is 0 Å². The van der Waals surface area contributed by atoms with Crippen LogP contribution in [0.15, 0.2) is 28.7 Å². The summed E-state index contributed by atoms with van der Waals surface area (Å²) in [7, 11) is 0. The molecule has 1 rings (SSSR count). The van der Waals surface area contributed by atoms with E-state index in [-0.39, 0.29) is 5.78 Å². The van der Waals surface area contributed by atoms with Crippen molar-refractivity contribution in [2.45, 2.75) is 12.8 Å². The molecule has 68 valence electrons. The zero-order valence-electron chi connectivity index (χ0n) is 7.09. The molecule has 3 heteroatoms. The predicted octanol–water partition coefficient (Wildman–Crippen LogP) is 2.60. The van der Waals surface area contributed by atoms with Crippen LogP contribution in [0.5, 0.6) is 0 Å². The number of nitrogens with one attached hydrogen (secondary N) is 1. The van der Waals surface area contributed by atoms with E-state index >= 15 is 0 Å². The van der Waals surface area contributed by atoms with Crippen molar-refractivity contribution in [3.63, 3.8) is 0 Å². The molecule has 0 saturated carbocycles. The fourth-order valence-corrected chi connectivity index (χ4v) is 1.26. The first-order valence-corrected chi connectivity index (χ1v) is 4.79. The minimum absolute atomic E-state index is 0.122. The Morgan fingerprint density at radius 1 is 1.38 bits per heavy atom. The van der Waals surface area contributed by atoms with Crippen molar-refractivity contribution in [3.05, 3.63) is 34.3 Å². The van der Waals surface area contributed by atoms with Crippen LogP contribution < -0.4 is 0 Å². The smallest absolute Gasteiger partial charge is 0.173 e. The van der Waals surface area contributed by atoms with Gasteiger partial charge in [-0.25, -0.2) is 0 Å².